The van der Waals surface area contributed by atoms with Gasteiger partial charge in [-0.1, -0.05) is 24.3 Å². The topological polar surface area (TPSA) is 81.9 Å². The third kappa shape index (κ3) is 7.64. The van der Waals surface area contributed by atoms with Gasteiger partial charge in [-0.05, 0) is 43.7 Å². The molecule has 3 rings (SSSR count). The zero-order valence-corrected chi connectivity index (χ0v) is 20.0. The van der Waals surface area contributed by atoms with Gasteiger partial charge in [-0.15, -0.1) is 24.0 Å². The van der Waals surface area contributed by atoms with Gasteiger partial charge in [0, 0.05) is 32.1 Å². The number of piperidine rings is 1. The smallest absolute Gasteiger partial charge is 0.220 e. The molecule has 30 heavy (non-hydrogen) atoms. The minimum atomic E-state index is 0. The lowest BCUT2D eigenvalue weighted by atomic mass is 10.1. The predicted molar refractivity (Wildman–Crippen MR) is 130 cm³/mol. The lowest BCUT2D eigenvalue weighted by Gasteiger charge is -2.25. The maximum absolute atomic E-state index is 11.4. The van der Waals surface area contributed by atoms with Crippen molar-refractivity contribution >= 4 is 35.8 Å². The first-order valence-electron chi connectivity index (χ1n) is 10.2. The van der Waals surface area contributed by atoms with Crippen LogP contribution in [-0.4, -0.2) is 42.9 Å². The molecule has 1 aliphatic rings. The van der Waals surface area contributed by atoms with E-state index in [2.05, 4.69) is 59.1 Å². The Morgan fingerprint density at radius 2 is 2.03 bits per heavy atom. The molecule has 1 fully saturated rings. The third-order valence-electron chi connectivity index (χ3n) is 4.92. The molecule has 8 heteroatoms. The van der Waals surface area contributed by atoms with E-state index in [9.17, 15) is 4.79 Å². The van der Waals surface area contributed by atoms with Crippen molar-refractivity contribution in [3.05, 3.63) is 59.5 Å². The number of aliphatic imine (C=N–C) groups is 1. The molecule has 1 unspecified atom stereocenters. The lowest BCUT2D eigenvalue weighted by molar-refractivity contribution is -0.122. The summed E-state index contributed by atoms with van der Waals surface area (Å²) in [5.41, 5.74) is 2.46. The third-order valence-corrected chi connectivity index (χ3v) is 4.92. The number of amides is 1. The molecular weight excluding hydrogens is 493 g/mol. The summed E-state index contributed by atoms with van der Waals surface area (Å²) in [6, 6.07) is 12.5. The molecule has 0 spiro atoms. The van der Waals surface area contributed by atoms with Crippen LogP contribution in [0.25, 0.3) is 0 Å². The highest BCUT2D eigenvalue weighted by Crippen LogP contribution is 2.14. The largest absolute Gasteiger partial charge is 0.468 e. The molecule has 0 aliphatic carbocycles. The summed E-state index contributed by atoms with van der Waals surface area (Å²) in [5.74, 6) is 1.87. The minimum Gasteiger partial charge on any atom is -0.468 e. The van der Waals surface area contributed by atoms with E-state index in [4.69, 9.17) is 9.41 Å². The fourth-order valence-corrected chi connectivity index (χ4v) is 3.41. The van der Waals surface area contributed by atoms with Crippen molar-refractivity contribution in [2.45, 2.75) is 45.4 Å². The van der Waals surface area contributed by atoms with Crippen LogP contribution in [0.4, 0.5) is 0 Å². The van der Waals surface area contributed by atoms with Crippen LogP contribution in [0.3, 0.4) is 0 Å². The minimum absolute atomic E-state index is 0. The van der Waals surface area contributed by atoms with E-state index in [0.29, 0.717) is 19.5 Å². The second kappa shape index (κ2) is 12.6. The first-order chi connectivity index (χ1) is 14.1. The van der Waals surface area contributed by atoms with Gasteiger partial charge in [-0.2, -0.15) is 0 Å². The summed E-state index contributed by atoms with van der Waals surface area (Å²) >= 11 is 0. The lowest BCUT2D eigenvalue weighted by Crippen LogP contribution is -2.51. The van der Waals surface area contributed by atoms with Crippen molar-refractivity contribution in [2.75, 3.05) is 20.1 Å². The molecule has 1 amide bonds. The standard InChI is InChI=1S/C22H31N5O2.HI/c1-3-23-22(26-19-10-11-21(28)24-14-19)25-13-17-7-4-5-8-18(17)15-27(2)16-20-9-6-12-29-20;/h4-9,12,19H,3,10-11,13-16H2,1-2H3,(H,24,28)(H2,23,25,26);1H. The van der Waals surface area contributed by atoms with Crippen LogP contribution in [0.1, 0.15) is 36.7 Å². The van der Waals surface area contributed by atoms with Crippen LogP contribution in [0.2, 0.25) is 0 Å². The Morgan fingerprint density at radius 3 is 2.70 bits per heavy atom. The van der Waals surface area contributed by atoms with Crippen LogP contribution in [-0.2, 0) is 24.4 Å². The maximum atomic E-state index is 11.4. The van der Waals surface area contributed by atoms with E-state index >= 15 is 0 Å². The van der Waals surface area contributed by atoms with E-state index in [1.54, 1.807) is 6.26 Å². The van der Waals surface area contributed by atoms with Crippen LogP contribution < -0.4 is 16.0 Å². The second-order valence-corrected chi connectivity index (χ2v) is 7.40. The summed E-state index contributed by atoms with van der Waals surface area (Å²) in [7, 11) is 2.09. The monoisotopic (exact) mass is 525 g/mol. The van der Waals surface area contributed by atoms with E-state index in [1.807, 2.05) is 12.1 Å². The number of carbonyl (C=O) groups excluding carboxylic acids is 1. The van der Waals surface area contributed by atoms with E-state index in [-0.39, 0.29) is 35.9 Å². The molecule has 1 atom stereocenters. The number of carbonyl (C=O) groups is 1. The number of rotatable bonds is 8. The van der Waals surface area contributed by atoms with Crippen LogP contribution >= 0.6 is 24.0 Å². The average Bonchev–Trinajstić information content (AvgIpc) is 3.22. The number of hydrogen-bond donors (Lipinski definition) is 3. The quantitative estimate of drug-likeness (QED) is 0.281. The number of halogens is 1. The molecule has 3 N–H and O–H groups in total. The second-order valence-electron chi connectivity index (χ2n) is 7.40. The van der Waals surface area contributed by atoms with E-state index < -0.39 is 0 Å². The van der Waals surface area contributed by atoms with Gasteiger partial charge < -0.3 is 20.4 Å². The Kier molecular flexibility index (Phi) is 10.2. The zero-order chi connectivity index (χ0) is 20.5. The Labute approximate surface area is 195 Å². The molecule has 0 saturated carbocycles. The normalized spacial score (nSPS) is 16.7. The summed E-state index contributed by atoms with van der Waals surface area (Å²) in [6.07, 6.45) is 3.09. The SMILES string of the molecule is CCNC(=NCc1ccccc1CN(C)Cc1ccco1)NC1CCC(=O)NC1.I. The highest BCUT2D eigenvalue weighted by Gasteiger charge is 2.18. The Morgan fingerprint density at radius 1 is 1.23 bits per heavy atom. The molecule has 0 bridgehead atoms. The number of hydrogen-bond acceptors (Lipinski definition) is 4. The fraction of sp³-hybridized carbons (Fsp3) is 0.455. The molecule has 0 radical (unpaired) electrons. The zero-order valence-electron chi connectivity index (χ0n) is 17.7. The Balaban J connectivity index is 0.00000320. The van der Waals surface area contributed by atoms with Gasteiger partial charge in [0.05, 0.1) is 19.4 Å². The number of furan rings is 1. The highest BCUT2D eigenvalue weighted by molar-refractivity contribution is 14.0. The van der Waals surface area contributed by atoms with Gasteiger partial charge >= 0.3 is 0 Å². The number of benzene rings is 1. The summed E-state index contributed by atoms with van der Waals surface area (Å²) in [4.78, 5) is 18.4. The van der Waals surface area contributed by atoms with Crippen molar-refractivity contribution in [2.24, 2.45) is 4.99 Å². The number of nitrogens with zero attached hydrogens (tertiary/aromatic N) is 2. The number of guanidine groups is 1. The molecule has 1 saturated heterocycles. The van der Waals surface area contributed by atoms with Crippen molar-refractivity contribution in [3.8, 4) is 0 Å². The van der Waals surface area contributed by atoms with Gasteiger partial charge in [0.15, 0.2) is 5.96 Å². The van der Waals surface area contributed by atoms with Crippen LogP contribution in [0, 0.1) is 0 Å². The molecule has 2 heterocycles. The van der Waals surface area contributed by atoms with Crippen molar-refractivity contribution < 1.29 is 9.21 Å². The first kappa shape index (κ1) is 24.2. The molecular formula is C22H32IN5O2. The van der Waals surface area contributed by atoms with Crippen molar-refractivity contribution in [1.29, 1.82) is 0 Å². The van der Waals surface area contributed by atoms with E-state index in [1.165, 1.54) is 11.1 Å². The van der Waals surface area contributed by atoms with E-state index in [0.717, 1.165) is 37.8 Å². The summed E-state index contributed by atoms with van der Waals surface area (Å²) < 4.78 is 5.45. The molecule has 164 valence electrons. The Bertz CT molecular complexity index is 800. The van der Waals surface area contributed by atoms with Gasteiger partial charge in [-0.3, -0.25) is 9.69 Å². The highest BCUT2D eigenvalue weighted by atomic mass is 127. The first-order valence-corrected chi connectivity index (χ1v) is 10.2. The molecule has 1 aromatic carbocycles. The molecule has 1 aliphatic heterocycles. The van der Waals surface area contributed by atoms with Gasteiger partial charge in [0.25, 0.3) is 0 Å². The van der Waals surface area contributed by atoms with Crippen LogP contribution in [0.5, 0.6) is 0 Å². The van der Waals surface area contributed by atoms with Crippen LogP contribution in [0.15, 0.2) is 52.1 Å². The predicted octanol–water partition coefficient (Wildman–Crippen LogP) is 2.86. The summed E-state index contributed by atoms with van der Waals surface area (Å²) in [5, 5.41) is 9.65. The fourth-order valence-electron chi connectivity index (χ4n) is 3.41. The summed E-state index contributed by atoms with van der Waals surface area (Å²) in [6.45, 7) is 5.67. The van der Waals surface area contributed by atoms with Gasteiger partial charge in [-0.25, -0.2) is 4.99 Å². The molecule has 1 aromatic heterocycles. The molecule has 7 nitrogen and oxygen atoms in total. The van der Waals surface area contributed by atoms with Crippen molar-refractivity contribution in [1.82, 2.24) is 20.9 Å². The number of nitrogens with one attached hydrogen (secondary N) is 3. The average molecular weight is 525 g/mol. The van der Waals surface area contributed by atoms with Gasteiger partial charge in [0.1, 0.15) is 5.76 Å². The maximum Gasteiger partial charge on any atom is 0.220 e. The van der Waals surface area contributed by atoms with Gasteiger partial charge in [0.2, 0.25) is 5.91 Å². The molecule has 2 aromatic rings. The Hall–Kier alpha value is -2.07. The van der Waals surface area contributed by atoms with Crippen molar-refractivity contribution in [3.63, 3.8) is 0 Å².